The third-order valence-corrected chi connectivity index (χ3v) is 3.56. The molecule has 2 aromatic rings. The average Bonchev–Trinajstić information content (AvgIpc) is 3.11. The van der Waals surface area contributed by atoms with Crippen molar-refractivity contribution in [2.75, 3.05) is 19.0 Å². The van der Waals surface area contributed by atoms with Crippen LogP contribution in [0.1, 0.15) is 12.6 Å². The Bertz CT molecular complexity index is 726. The number of imidazole rings is 1. The molecule has 10 nitrogen and oxygen atoms in total. The van der Waals surface area contributed by atoms with Gasteiger partial charge in [-0.25, -0.2) is 10.3 Å². The summed E-state index contributed by atoms with van der Waals surface area (Å²) in [5.41, 5.74) is 0.901. The second kappa shape index (κ2) is 5.72. The number of fused-ring (bicyclic) bond motifs is 1. The standard InChI is InChI=1S/C12H14N6O4/c1-21-18-6-16-11-10(12(18)14-4-13)15-5-17(11)9-2-7(20)8(3-19)22-9/h5-9,19-20H,2-3H2,1H3/p+1/t7-,8+,9+/m0/s1/i4+1,13+1,14+1,15+1. The van der Waals surface area contributed by atoms with Crippen LogP contribution in [0.15, 0.2) is 12.7 Å². The molecule has 116 valence electrons. The summed E-state index contributed by atoms with van der Waals surface area (Å²) in [6, 6.07) is 0. The number of ether oxygens (including phenoxy) is 1. The van der Waals surface area contributed by atoms with Gasteiger partial charge in [0.25, 0.3) is 12.5 Å². The molecule has 3 heterocycles. The van der Waals surface area contributed by atoms with E-state index >= 15 is 0 Å². The number of aliphatic hydroxyl groups excluding tert-OH is 2. The number of anilines is 1. The van der Waals surface area contributed by atoms with Crippen molar-refractivity contribution < 1.29 is 24.5 Å². The monoisotopic (exact) mass is 311 g/mol. The molecule has 3 rings (SSSR count). The molecule has 3 N–H and O–H groups in total. The maximum Gasteiger partial charge on any atom is 0.305 e. The lowest BCUT2D eigenvalue weighted by Gasteiger charge is -2.12. The van der Waals surface area contributed by atoms with E-state index in [0.717, 1.165) is 0 Å². The first-order valence-electron chi connectivity index (χ1n) is 6.60. The van der Waals surface area contributed by atoms with Crippen LogP contribution in [0.2, 0.25) is 0 Å². The normalized spacial score (nSPS) is 24.4. The summed E-state index contributed by atoms with van der Waals surface area (Å²) in [5.74, 6) is 0.339. The maximum atomic E-state index is 9.83. The predicted octanol–water partition coefficient (Wildman–Crippen LogP) is -1.69. The van der Waals surface area contributed by atoms with Gasteiger partial charge in [-0.05, 0) is 0 Å². The Balaban J connectivity index is 2.03. The second-order valence-electron chi connectivity index (χ2n) is 4.78. The Morgan fingerprint density at radius 3 is 3.09 bits per heavy atom. The highest BCUT2D eigenvalue weighted by molar-refractivity contribution is 5.81. The van der Waals surface area contributed by atoms with Crippen LogP contribution in [-0.2, 0) is 4.74 Å². The fraction of sp³-hybridized carbons (Fsp3) is 0.500. The fourth-order valence-electron chi connectivity index (χ4n) is 2.49. The minimum atomic E-state index is -0.753. The smallest absolute Gasteiger partial charge is 0.305 e. The summed E-state index contributed by atoms with van der Waals surface area (Å²) in [4.78, 5) is 13.5. The van der Waals surface area contributed by atoms with E-state index in [1.54, 1.807) is 4.57 Å². The number of aliphatic hydroxyl groups is 2. The summed E-state index contributed by atoms with van der Waals surface area (Å²) in [6.45, 7) is -0.261. The number of nitrogens with zero attached hydrogens (tertiary/aromatic N) is 5. The zero-order valence-corrected chi connectivity index (χ0v) is 11.7. The largest absolute Gasteiger partial charge is 0.394 e. The molecule has 1 saturated heterocycles. The number of nitriles is 1. The molecule has 3 atom stereocenters. The summed E-state index contributed by atoms with van der Waals surface area (Å²) >= 11 is 0. The predicted molar refractivity (Wildman–Crippen MR) is 71.1 cm³/mol. The van der Waals surface area contributed by atoms with E-state index in [9.17, 15) is 5.11 Å². The molecule has 0 bridgehead atoms. The van der Waals surface area contributed by atoms with E-state index in [0.29, 0.717) is 23.4 Å². The van der Waals surface area contributed by atoms with Crippen molar-refractivity contribution in [1.29, 1.82) is 5.26 Å². The minimum Gasteiger partial charge on any atom is -0.394 e. The summed E-state index contributed by atoms with van der Waals surface area (Å²) in [6.07, 6.45) is 3.17. The Kier molecular flexibility index (Phi) is 3.76. The van der Waals surface area contributed by atoms with Gasteiger partial charge in [-0.2, -0.15) is 5.26 Å². The summed E-state index contributed by atoms with van der Waals surface area (Å²) in [5, 5.41) is 30.3. The number of hydrogen-bond acceptors (Lipinski definition) is 8. The quantitative estimate of drug-likeness (QED) is 0.200. The number of nitrogens with one attached hydrogen (secondary N) is 1. The van der Waals surface area contributed by atoms with E-state index in [1.807, 2.05) is 6.19 Å². The van der Waals surface area contributed by atoms with Crippen molar-refractivity contribution in [3.05, 3.63) is 12.7 Å². The van der Waals surface area contributed by atoms with Crippen LogP contribution in [0.4, 0.5) is 5.82 Å². The van der Waals surface area contributed by atoms with Gasteiger partial charge in [0.05, 0.1) is 12.7 Å². The molecule has 0 spiro atoms. The first-order valence-corrected chi connectivity index (χ1v) is 6.60. The van der Waals surface area contributed by atoms with E-state index in [-0.39, 0.29) is 6.61 Å². The van der Waals surface area contributed by atoms with Crippen LogP contribution in [-0.4, -0.2) is 50.7 Å². The molecule has 0 aromatic carbocycles. The zero-order chi connectivity index (χ0) is 15.7. The van der Waals surface area contributed by atoms with Crippen molar-refractivity contribution in [2.24, 2.45) is 0 Å². The van der Waals surface area contributed by atoms with Gasteiger partial charge in [0, 0.05) is 6.42 Å². The van der Waals surface area contributed by atoms with Gasteiger partial charge in [0.15, 0.2) is 0 Å². The average molecular weight is 311 g/mol. The molecule has 0 radical (unpaired) electrons. The van der Waals surface area contributed by atoms with Gasteiger partial charge in [-0.3, -0.25) is 4.57 Å². The van der Waals surface area contributed by atoms with Crippen molar-refractivity contribution >= 4 is 17.0 Å². The van der Waals surface area contributed by atoms with Crippen LogP contribution in [0.25, 0.3) is 11.2 Å². The molecule has 22 heavy (non-hydrogen) atoms. The van der Waals surface area contributed by atoms with Crippen LogP contribution in [0, 0.1) is 11.5 Å². The Labute approximate surface area is 125 Å². The molecule has 0 amide bonds. The van der Waals surface area contributed by atoms with Gasteiger partial charge in [-0.1, -0.05) is 9.71 Å². The molecular weight excluding hydrogens is 296 g/mol. The van der Waals surface area contributed by atoms with Crippen LogP contribution >= 0.6 is 0 Å². The molecule has 1 fully saturated rings. The lowest BCUT2D eigenvalue weighted by atomic mass is 10.2. The van der Waals surface area contributed by atoms with Gasteiger partial charge >= 0.3 is 5.82 Å². The zero-order valence-electron chi connectivity index (χ0n) is 11.7. The summed E-state index contributed by atoms with van der Waals surface area (Å²) < 4.78 is 8.52. The first-order chi connectivity index (χ1) is 10.7. The summed E-state index contributed by atoms with van der Waals surface area (Å²) in [7, 11) is 1.44. The molecular formula is C12H15N6O4+. The number of aromatic nitrogens is 4. The molecule has 1 aliphatic rings. The Hall–Kier alpha value is -2.48. The van der Waals surface area contributed by atoms with E-state index in [2.05, 4.69) is 15.3 Å². The highest BCUT2D eigenvalue weighted by atomic mass is 16.6. The van der Waals surface area contributed by atoms with Crippen molar-refractivity contribution in [2.45, 2.75) is 24.9 Å². The third kappa shape index (κ3) is 2.21. The van der Waals surface area contributed by atoms with Gasteiger partial charge in [-0.15, -0.1) is 0 Å². The highest BCUT2D eigenvalue weighted by Crippen LogP contribution is 2.31. The van der Waals surface area contributed by atoms with Crippen LogP contribution < -0.4 is 14.9 Å². The lowest BCUT2D eigenvalue weighted by molar-refractivity contribution is -0.875. The molecule has 0 unspecified atom stereocenters. The Morgan fingerprint density at radius 2 is 2.45 bits per heavy atom. The maximum absolute atomic E-state index is 9.83. The molecule has 1 aliphatic heterocycles. The number of rotatable bonds is 4. The first kappa shape index (κ1) is 14.5. The van der Waals surface area contributed by atoms with Crippen LogP contribution in [0.5, 0.6) is 0 Å². The van der Waals surface area contributed by atoms with Crippen molar-refractivity contribution in [3.8, 4) is 6.19 Å². The van der Waals surface area contributed by atoms with E-state index in [4.69, 9.17) is 19.9 Å². The van der Waals surface area contributed by atoms with E-state index < -0.39 is 18.4 Å². The third-order valence-electron chi connectivity index (χ3n) is 3.56. The van der Waals surface area contributed by atoms with Crippen molar-refractivity contribution in [1.82, 2.24) is 14.5 Å². The minimum absolute atomic E-state index is 0.261. The van der Waals surface area contributed by atoms with Crippen LogP contribution in [0.3, 0.4) is 0 Å². The van der Waals surface area contributed by atoms with Gasteiger partial charge in [0.1, 0.15) is 25.8 Å². The second-order valence-corrected chi connectivity index (χ2v) is 4.78. The topological polar surface area (TPSA) is 129 Å². The molecule has 0 saturated carbocycles. The molecule has 2 aromatic heterocycles. The van der Waals surface area contributed by atoms with E-state index in [1.165, 1.54) is 24.5 Å². The lowest BCUT2D eigenvalue weighted by Crippen LogP contribution is -2.43. The van der Waals surface area contributed by atoms with Gasteiger partial charge < -0.3 is 19.8 Å². The SMILES string of the molecule is CO[n+]1cnc2c([15n]cn2[C@H]2C[C@H](O)[C@@H](CO)O2)c1[15NH][13C]#[15N]. The fourth-order valence-corrected chi connectivity index (χ4v) is 2.49. The van der Waals surface area contributed by atoms with Crippen molar-refractivity contribution in [3.63, 3.8) is 0 Å². The number of hydrogen-bond donors (Lipinski definition) is 3. The molecule has 10 heteroatoms. The Morgan fingerprint density at radius 1 is 1.64 bits per heavy atom. The molecule has 0 aliphatic carbocycles. The highest BCUT2D eigenvalue weighted by Gasteiger charge is 2.36. The van der Waals surface area contributed by atoms with Gasteiger partial charge in [0.2, 0.25) is 11.2 Å².